The summed E-state index contributed by atoms with van der Waals surface area (Å²) in [6, 6.07) is 1.03. The van der Waals surface area contributed by atoms with Crippen molar-refractivity contribution >= 4 is 10.0 Å². The Bertz CT molecular complexity index is 776. The number of aryl methyl sites for hydroxylation is 2. The summed E-state index contributed by atoms with van der Waals surface area (Å²) in [5.74, 6) is 0.675. The number of sulfonamides is 1. The molecule has 0 saturated carbocycles. The van der Waals surface area contributed by atoms with E-state index in [1.165, 1.54) is 6.42 Å². The predicted octanol–water partition coefficient (Wildman–Crippen LogP) is 2.72. The first-order valence-electron chi connectivity index (χ1n) is 11.1. The van der Waals surface area contributed by atoms with E-state index in [-0.39, 0.29) is 0 Å². The van der Waals surface area contributed by atoms with Crippen LogP contribution in [0.5, 0.6) is 0 Å². The van der Waals surface area contributed by atoms with Crippen molar-refractivity contribution in [3.8, 4) is 0 Å². The fourth-order valence-corrected chi connectivity index (χ4v) is 6.63. The van der Waals surface area contributed by atoms with Crippen LogP contribution in [0.2, 0.25) is 0 Å². The van der Waals surface area contributed by atoms with E-state index < -0.39 is 10.0 Å². The van der Waals surface area contributed by atoms with Crippen molar-refractivity contribution in [2.24, 2.45) is 13.0 Å². The van der Waals surface area contributed by atoms with E-state index >= 15 is 0 Å². The molecule has 0 aliphatic carbocycles. The fourth-order valence-electron chi connectivity index (χ4n) is 4.76. The first kappa shape index (κ1) is 22.7. The summed E-state index contributed by atoms with van der Waals surface area (Å²) < 4.78 is 35.5. The Morgan fingerprint density at radius 1 is 1.10 bits per heavy atom. The molecule has 1 aromatic heterocycles. The molecule has 2 saturated heterocycles. The topological polar surface area (TPSA) is 67.7 Å². The Labute approximate surface area is 176 Å². The minimum atomic E-state index is -3.49. The lowest BCUT2D eigenvalue weighted by molar-refractivity contribution is 0.00495. The smallest absolute Gasteiger partial charge is 0.246 e. The van der Waals surface area contributed by atoms with Crippen molar-refractivity contribution in [3.63, 3.8) is 0 Å². The molecule has 166 valence electrons. The van der Waals surface area contributed by atoms with Crippen LogP contribution in [0.4, 0.5) is 0 Å². The van der Waals surface area contributed by atoms with Gasteiger partial charge in [0, 0.05) is 45.4 Å². The van der Waals surface area contributed by atoms with Crippen molar-refractivity contribution in [3.05, 3.63) is 11.4 Å². The van der Waals surface area contributed by atoms with E-state index in [0.717, 1.165) is 45.4 Å². The highest BCUT2D eigenvalue weighted by Gasteiger charge is 2.36. The van der Waals surface area contributed by atoms with Crippen molar-refractivity contribution in [2.45, 2.75) is 76.8 Å². The van der Waals surface area contributed by atoms with Crippen LogP contribution in [0, 0.1) is 19.8 Å². The first-order chi connectivity index (χ1) is 13.7. The van der Waals surface area contributed by atoms with Gasteiger partial charge in [-0.05, 0) is 58.4 Å². The molecule has 0 N–H and O–H groups in total. The molecule has 2 aliphatic rings. The summed E-state index contributed by atoms with van der Waals surface area (Å²) in [7, 11) is -1.69. The number of hydrogen-bond acceptors (Lipinski definition) is 5. The molecule has 0 bridgehead atoms. The summed E-state index contributed by atoms with van der Waals surface area (Å²) in [6.07, 6.45) is 5.15. The fraction of sp³-hybridized carbons (Fsp3) is 0.857. The van der Waals surface area contributed by atoms with E-state index in [4.69, 9.17) is 4.74 Å². The van der Waals surface area contributed by atoms with Gasteiger partial charge in [-0.25, -0.2) is 8.42 Å². The van der Waals surface area contributed by atoms with Gasteiger partial charge in [0.1, 0.15) is 4.90 Å². The van der Waals surface area contributed by atoms with Crippen molar-refractivity contribution in [1.29, 1.82) is 0 Å². The van der Waals surface area contributed by atoms with Crippen LogP contribution in [0.15, 0.2) is 4.90 Å². The third-order valence-electron chi connectivity index (χ3n) is 6.56. The quantitative estimate of drug-likeness (QED) is 0.671. The van der Waals surface area contributed by atoms with Gasteiger partial charge in [0.2, 0.25) is 10.0 Å². The number of hydrogen-bond donors (Lipinski definition) is 0. The maximum absolute atomic E-state index is 13.3. The molecule has 0 aromatic carbocycles. The molecule has 29 heavy (non-hydrogen) atoms. The highest BCUT2D eigenvalue weighted by Crippen LogP contribution is 2.29. The lowest BCUT2D eigenvalue weighted by atomic mass is 9.97. The van der Waals surface area contributed by atoms with Gasteiger partial charge in [-0.15, -0.1) is 0 Å². The maximum Gasteiger partial charge on any atom is 0.246 e. The SMILES string of the molecule is Cc1nn(C)c(C)c1S(=O)(=O)N1CCC(N(CCC(C)C)C2CCOCC2)CC1. The Kier molecular flexibility index (Phi) is 7.41. The van der Waals surface area contributed by atoms with Gasteiger partial charge in [0.25, 0.3) is 0 Å². The van der Waals surface area contributed by atoms with Crippen LogP contribution in [-0.2, 0) is 21.8 Å². The molecule has 2 fully saturated rings. The second-order valence-corrected chi connectivity index (χ2v) is 10.9. The Morgan fingerprint density at radius 3 is 2.21 bits per heavy atom. The number of ether oxygens (including phenoxy) is 1. The zero-order valence-corrected chi connectivity index (χ0v) is 19.5. The lowest BCUT2D eigenvalue weighted by Crippen LogP contribution is -2.51. The Balaban J connectivity index is 1.70. The van der Waals surface area contributed by atoms with E-state index in [2.05, 4.69) is 23.8 Å². The number of piperidine rings is 1. The molecular weight excluding hydrogens is 388 g/mol. The zero-order valence-electron chi connectivity index (χ0n) is 18.7. The molecule has 0 atom stereocenters. The number of rotatable bonds is 7. The van der Waals surface area contributed by atoms with Gasteiger partial charge in [0.15, 0.2) is 0 Å². The highest BCUT2D eigenvalue weighted by molar-refractivity contribution is 7.89. The average Bonchev–Trinajstić information content (AvgIpc) is 2.95. The summed E-state index contributed by atoms with van der Waals surface area (Å²) in [6.45, 7) is 12.1. The molecular formula is C21H38N4O3S. The van der Waals surface area contributed by atoms with Crippen molar-refractivity contribution in [1.82, 2.24) is 19.0 Å². The summed E-state index contributed by atoms with van der Waals surface area (Å²) in [5, 5.41) is 4.31. The number of aromatic nitrogens is 2. The lowest BCUT2D eigenvalue weighted by Gasteiger charge is -2.43. The molecule has 2 aliphatic heterocycles. The van der Waals surface area contributed by atoms with Gasteiger partial charge < -0.3 is 4.74 Å². The standard InChI is InChI=1S/C21H38N4O3S/c1-16(2)6-13-25(20-9-14-28-15-10-20)19-7-11-24(12-8-19)29(26,27)21-17(3)22-23(5)18(21)4/h16,19-20H,6-15H2,1-5H3. The molecule has 1 aromatic rings. The van der Waals surface area contributed by atoms with E-state index in [9.17, 15) is 8.42 Å². The molecule has 8 heteroatoms. The highest BCUT2D eigenvalue weighted by atomic mass is 32.2. The van der Waals surface area contributed by atoms with E-state index in [1.54, 1.807) is 23.0 Å². The van der Waals surface area contributed by atoms with Gasteiger partial charge in [-0.3, -0.25) is 9.58 Å². The van der Waals surface area contributed by atoms with E-state index in [0.29, 0.717) is 47.4 Å². The van der Waals surface area contributed by atoms with Gasteiger partial charge >= 0.3 is 0 Å². The van der Waals surface area contributed by atoms with Crippen LogP contribution in [-0.4, -0.2) is 72.3 Å². The molecule has 3 heterocycles. The van der Waals surface area contributed by atoms with Gasteiger partial charge in [0.05, 0.1) is 11.4 Å². The zero-order chi connectivity index (χ0) is 21.2. The van der Waals surface area contributed by atoms with Crippen LogP contribution < -0.4 is 0 Å². The third-order valence-corrected chi connectivity index (χ3v) is 8.71. The number of nitrogens with zero attached hydrogens (tertiary/aromatic N) is 4. The molecule has 7 nitrogen and oxygen atoms in total. The largest absolute Gasteiger partial charge is 0.381 e. The predicted molar refractivity (Wildman–Crippen MR) is 114 cm³/mol. The van der Waals surface area contributed by atoms with Crippen molar-refractivity contribution < 1.29 is 13.2 Å². The maximum atomic E-state index is 13.3. The van der Waals surface area contributed by atoms with Crippen LogP contribution in [0.25, 0.3) is 0 Å². The molecule has 0 unspecified atom stereocenters. The van der Waals surface area contributed by atoms with Crippen LogP contribution >= 0.6 is 0 Å². The molecule has 0 amide bonds. The van der Waals surface area contributed by atoms with Crippen LogP contribution in [0.1, 0.15) is 57.3 Å². The van der Waals surface area contributed by atoms with Gasteiger partial charge in [-0.2, -0.15) is 9.40 Å². The molecule has 0 radical (unpaired) electrons. The first-order valence-corrected chi connectivity index (χ1v) is 12.5. The van der Waals surface area contributed by atoms with E-state index in [1.807, 2.05) is 6.92 Å². The van der Waals surface area contributed by atoms with Crippen LogP contribution in [0.3, 0.4) is 0 Å². The summed E-state index contributed by atoms with van der Waals surface area (Å²) >= 11 is 0. The van der Waals surface area contributed by atoms with Gasteiger partial charge in [-0.1, -0.05) is 13.8 Å². The second-order valence-electron chi connectivity index (χ2n) is 9.02. The minimum absolute atomic E-state index is 0.388. The average molecular weight is 427 g/mol. The minimum Gasteiger partial charge on any atom is -0.381 e. The summed E-state index contributed by atoms with van der Waals surface area (Å²) in [5.41, 5.74) is 1.30. The molecule has 3 rings (SSSR count). The third kappa shape index (κ3) is 5.03. The monoisotopic (exact) mass is 426 g/mol. The van der Waals surface area contributed by atoms with Crippen molar-refractivity contribution in [2.75, 3.05) is 32.8 Å². The second kappa shape index (κ2) is 9.45. The molecule has 0 spiro atoms. The Hall–Kier alpha value is -0.960. The normalized spacial score (nSPS) is 20.8. The summed E-state index contributed by atoms with van der Waals surface area (Å²) in [4.78, 5) is 3.06. The Morgan fingerprint density at radius 2 is 1.69 bits per heavy atom.